The van der Waals surface area contributed by atoms with Crippen molar-refractivity contribution in [1.29, 1.82) is 0 Å². The fourth-order valence-corrected chi connectivity index (χ4v) is 1.77. The third-order valence-electron chi connectivity index (χ3n) is 3.77. The van der Waals surface area contributed by atoms with Gasteiger partial charge in [0.2, 0.25) is 0 Å². The van der Waals surface area contributed by atoms with Gasteiger partial charge in [-0.1, -0.05) is 34.1 Å². The molecule has 0 saturated heterocycles. The predicted octanol–water partition coefficient (Wildman–Crippen LogP) is 4.55. The van der Waals surface area contributed by atoms with E-state index in [0.717, 1.165) is 6.92 Å². The first-order valence-electron chi connectivity index (χ1n) is 6.11. The van der Waals surface area contributed by atoms with E-state index in [1.54, 1.807) is 6.92 Å². The Labute approximate surface area is 109 Å². The molecule has 2 atom stereocenters. The van der Waals surface area contributed by atoms with Crippen LogP contribution in [0.15, 0.2) is 0 Å². The van der Waals surface area contributed by atoms with Crippen LogP contribution in [0.2, 0.25) is 0 Å². The lowest BCUT2D eigenvalue weighted by Crippen LogP contribution is -2.61. The van der Waals surface area contributed by atoms with Gasteiger partial charge in [0.15, 0.2) is 0 Å². The van der Waals surface area contributed by atoms with Gasteiger partial charge in [0, 0.05) is 5.92 Å². The third-order valence-corrected chi connectivity index (χ3v) is 3.77. The van der Waals surface area contributed by atoms with Crippen molar-refractivity contribution in [1.82, 2.24) is 0 Å². The Morgan fingerprint density at radius 3 is 1.42 bits per heavy atom. The van der Waals surface area contributed by atoms with Crippen molar-refractivity contribution in [3.05, 3.63) is 0 Å². The van der Waals surface area contributed by atoms with E-state index < -0.39 is 23.9 Å². The van der Waals surface area contributed by atoms with Crippen LogP contribution in [0.5, 0.6) is 0 Å². The summed E-state index contributed by atoms with van der Waals surface area (Å²) in [5, 5.41) is 9.15. The summed E-state index contributed by atoms with van der Waals surface area (Å²) in [7, 11) is 0. The molecule has 0 radical (unpaired) electrons. The SMILES string of the molecule is CC(C)[C@@H](C)CC[C@H](C)C(O)(C(F)(F)F)C(F)(F)F. The summed E-state index contributed by atoms with van der Waals surface area (Å²) in [5.74, 6) is -1.78. The Balaban J connectivity index is 5.02. The molecule has 0 fully saturated rings. The minimum atomic E-state index is -5.73. The number of hydrogen-bond acceptors (Lipinski definition) is 1. The van der Waals surface area contributed by atoms with Crippen LogP contribution in [0.25, 0.3) is 0 Å². The highest BCUT2D eigenvalue weighted by Crippen LogP contribution is 2.49. The summed E-state index contributed by atoms with van der Waals surface area (Å²) in [6, 6.07) is 0. The maximum absolute atomic E-state index is 12.6. The number of aliphatic hydroxyl groups is 1. The molecule has 0 saturated carbocycles. The molecule has 0 aliphatic heterocycles. The smallest absolute Gasteiger partial charge is 0.373 e. The zero-order valence-electron chi connectivity index (χ0n) is 11.4. The average molecular weight is 294 g/mol. The van der Waals surface area contributed by atoms with E-state index in [4.69, 9.17) is 5.11 Å². The van der Waals surface area contributed by atoms with Gasteiger partial charge >= 0.3 is 12.4 Å². The van der Waals surface area contributed by atoms with Crippen LogP contribution in [-0.4, -0.2) is 23.1 Å². The van der Waals surface area contributed by atoms with Gasteiger partial charge < -0.3 is 5.11 Å². The largest absolute Gasteiger partial charge is 0.426 e. The zero-order valence-corrected chi connectivity index (χ0v) is 11.4. The summed E-state index contributed by atoms with van der Waals surface area (Å²) >= 11 is 0. The molecule has 19 heavy (non-hydrogen) atoms. The van der Waals surface area contributed by atoms with E-state index >= 15 is 0 Å². The summed E-state index contributed by atoms with van der Waals surface area (Å²) < 4.78 is 75.4. The Bertz CT molecular complexity index is 267. The number of rotatable bonds is 5. The number of hydrogen-bond donors (Lipinski definition) is 1. The zero-order chi connectivity index (χ0) is 15.6. The van der Waals surface area contributed by atoms with Crippen LogP contribution < -0.4 is 0 Å². The second-order valence-corrected chi connectivity index (χ2v) is 5.46. The van der Waals surface area contributed by atoms with Crippen LogP contribution in [0, 0.1) is 17.8 Å². The topological polar surface area (TPSA) is 20.2 Å². The van der Waals surface area contributed by atoms with Crippen molar-refractivity contribution in [2.24, 2.45) is 17.8 Å². The molecule has 0 aromatic rings. The van der Waals surface area contributed by atoms with Crippen molar-refractivity contribution < 1.29 is 31.4 Å². The third kappa shape index (κ3) is 4.00. The van der Waals surface area contributed by atoms with Gasteiger partial charge in [-0.2, -0.15) is 26.3 Å². The van der Waals surface area contributed by atoms with Gasteiger partial charge in [-0.15, -0.1) is 0 Å². The van der Waals surface area contributed by atoms with Crippen LogP contribution >= 0.6 is 0 Å². The van der Waals surface area contributed by atoms with E-state index in [0.29, 0.717) is 0 Å². The van der Waals surface area contributed by atoms with Crippen LogP contribution in [-0.2, 0) is 0 Å². The highest BCUT2D eigenvalue weighted by Gasteiger charge is 2.72. The van der Waals surface area contributed by atoms with Crippen molar-refractivity contribution in [2.45, 2.75) is 58.5 Å². The van der Waals surface area contributed by atoms with Gasteiger partial charge in [-0.05, 0) is 18.3 Å². The summed E-state index contributed by atoms with van der Waals surface area (Å²) in [4.78, 5) is 0. The highest BCUT2D eigenvalue weighted by molar-refractivity contribution is 4.97. The molecule has 0 rings (SSSR count). The standard InChI is InChI=1S/C12H20F6O/c1-7(2)8(3)5-6-9(4)10(19,11(13,14)15)12(16,17)18/h7-9,19H,5-6H2,1-4H3/t8-,9-/m0/s1. The maximum Gasteiger partial charge on any atom is 0.426 e. The fourth-order valence-electron chi connectivity index (χ4n) is 1.77. The van der Waals surface area contributed by atoms with Crippen LogP contribution in [0.3, 0.4) is 0 Å². The van der Waals surface area contributed by atoms with E-state index in [-0.39, 0.29) is 24.7 Å². The van der Waals surface area contributed by atoms with Crippen LogP contribution in [0.1, 0.15) is 40.5 Å². The van der Waals surface area contributed by atoms with Gasteiger partial charge in [-0.25, -0.2) is 0 Å². The molecular weight excluding hydrogens is 274 g/mol. The van der Waals surface area contributed by atoms with Crippen LogP contribution in [0.4, 0.5) is 26.3 Å². The molecule has 0 amide bonds. The normalized spacial score (nSPS) is 17.7. The average Bonchev–Trinajstić information content (AvgIpc) is 2.20. The molecule has 0 spiro atoms. The Morgan fingerprint density at radius 2 is 1.16 bits per heavy atom. The summed E-state index contributed by atoms with van der Waals surface area (Å²) in [6.07, 6.45) is -11.6. The molecule has 0 heterocycles. The first-order chi connectivity index (χ1) is 8.25. The lowest BCUT2D eigenvalue weighted by Gasteiger charge is -2.37. The molecule has 1 N–H and O–H groups in total. The second kappa shape index (κ2) is 5.89. The minimum Gasteiger partial charge on any atom is -0.373 e. The Hall–Kier alpha value is -0.460. The molecule has 1 nitrogen and oxygen atoms in total. The van der Waals surface area contributed by atoms with E-state index in [1.165, 1.54) is 0 Å². The Morgan fingerprint density at radius 1 is 0.789 bits per heavy atom. The first kappa shape index (κ1) is 18.5. The monoisotopic (exact) mass is 294 g/mol. The van der Waals surface area contributed by atoms with Crippen molar-refractivity contribution in [3.8, 4) is 0 Å². The molecule has 0 aliphatic carbocycles. The quantitative estimate of drug-likeness (QED) is 0.737. The lowest BCUT2D eigenvalue weighted by molar-refractivity contribution is -0.384. The van der Waals surface area contributed by atoms with E-state index in [2.05, 4.69) is 0 Å². The van der Waals surface area contributed by atoms with Gasteiger partial charge in [0.05, 0.1) is 0 Å². The molecule has 0 aliphatic rings. The van der Waals surface area contributed by atoms with Gasteiger partial charge in [0.25, 0.3) is 5.60 Å². The molecule has 7 heteroatoms. The van der Waals surface area contributed by atoms with Crippen molar-refractivity contribution >= 4 is 0 Å². The maximum atomic E-state index is 12.6. The van der Waals surface area contributed by atoms with E-state index in [1.807, 2.05) is 13.8 Å². The molecular formula is C12H20F6O. The minimum absolute atomic E-state index is 0.00633. The summed E-state index contributed by atoms with van der Waals surface area (Å²) in [5.41, 5.74) is -4.64. The molecule has 0 bridgehead atoms. The predicted molar refractivity (Wildman–Crippen MR) is 59.5 cm³/mol. The van der Waals surface area contributed by atoms with Crippen molar-refractivity contribution in [2.75, 3.05) is 0 Å². The van der Waals surface area contributed by atoms with E-state index in [9.17, 15) is 26.3 Å². The highest BCUT2D eigenvalue weighted by atomic mass is 19.4. The summed E-state index contributed by atoms with van der Waals surface area (Å²) in [6.45, 7) is 6.23. The molecule has 0 aromatic carbocycles. The number of alkyl halides is 6. The fraction of sp³-hybridized carbons (Fsp3) is 1.00. The van der Waals surface area contributed by atoms with Gasteiger partial charge in [0.1, 0.15) is 0 Å². The number of halogens is 6. The first-order valence-corrected chi connectivity index (χ1v) is 6.11. The molecule has 0 unspecified atom stereocenters. The van der Waals surface area contributed by atoms with Gasteiger partial charge in [-0.3, -0.25) is 0 Å². The van der Waals surface area contributed by atoms with Crippen molar-refractivity contribution in [3.63, 3.8) is 0 Å². The second-order valence-electron chi connectivity index (χ2n) is 5.46. The molecule has 0 aromatic heterocycles. The lowest BCUT2D eigenvalue weighted by atomic mass is 9.81. The Kier molecular flexibility index (Phi) is 5.75. The molecule has 116 valence electrons.